The summed E-state index contributed by atoms with van der Waals surface area (Å²) in [4.78, 5) is 3.42. The summed E-state index contributed by atoms with van der Waals surface area (Å²) in [6.45, 7) is 1.88. The SMILES string of the molecule is COc1cccc([C@H](C[NH2+]Cc2ccsc2)c2c[nH]c3ccccc23)c1OC. The standard InChI is InChI=1S/C23H24N2O2S/c1-26-22-9-5-7-18(23(22)27-2)19(13-24-12-16-10-11-28-15-16)20-14-25-21-8-4-3-6-17(20)21/h3-11,14-15,19,24-25H,12-13H2,1-2H3/p+1/t19-/m0/s1. The van der Waals surface area contributed by atoms with Gasteiger partial charge in [-0.05, 0) is 34.5 Å². The zero-order valence-corrected chi connectivity index (χ0v) is 17.0. The van der Waals surface area contributed by atoms with Crippen LogP contribution in [0.1, 0.15) is 22.6 Å². The Morgan fingerprint density at radius 1 is 1.00 bits per heavy atom. The first kappa shape index (κ1) is 18.6. The fourth-order valence-corrected chi connectivity index (χ4v) is 4.50. The number of ether oxygens (including phenoxy) is 2. The van der Waals surface area contributed by atoms with Crippen LogP contribution in [0.25, 0.3) is 10.9 Å². The molecule has 144 valence electrons. The maximum Gasteiger partial charge on any atom is 0.164 e. The minimum absolute atomic E-state index is 0.180. The average molecular weight is 394 g/mol. The molecule has 4 rings (SSSR count). The highest BCUT2D eigenvalue weighted by molar-refractivity contribution is 7.07. The minimum Gasteiger partial charge on any atom is -0.493 e. The zero-order valence-electron chi connectivity index (χ0n) is 16.1. The van der Waals surface area contributed by atoms with Gasteiger partial charge >= 0.3 is 0 Å². The second-order valence-electron chi connectivity index (χ2n) is 6.79. The number of nitrogens with two attached hydrogens (primary N) is 1. The largest absolute Gasteiger partial charge is 0.493 e. The molecule has 0 spiro atoms. The molecule has 0 aliphatic rings. The van der Waals surface area contributed by atoms with E-state index < -0.39 is 0 Å². The van der Waals surface area contributed by atoms with Crippen molar-refractivity contribution in [2.45, 2.75) is 12.5 Å². The number of methoxy groups -OCH3 is 2. The fraction of sp³-hybridized carbons (Fsp3) is 0.217. The van der Waals surface area contributed by atoms with Gasteiger partial charge in [0, 0.05) is 28.2 Å². The van der Waals surface area contributed by atoms with Crippen LogP contribution >= 0.6 is 11.3 Å². The summed E-state index contributed by atoms with van der Waals surface area (Å²) < 4.78 is 11.3. The number of para-hydroxylation sites is 2. The first-order valence-electron chi connectivity index (χ1n) is 9.41. The smallest absolute Gasteiger partial charge is 0.164 e. The van der Waals surface area contributed by atoms with Crippen LogP contribution in [0.15, 0.2) is 65.5 Å². The van der Waals surface area contributed by atoms with Crippen LogP contribution in [0, 0.1) is 0 Å². The van der Waals surface area contributed by atoms with Gasteiger partial charge in [0.15, 0.2) is 11.5 Å². The van der Waals surface area contributed by atoms with Gasteiger partial charge in [0.2, 0.25) is 0 Å². The molecule has 0 radical (unpaired) electrons. The van der Waals surface area contributed by atoms with E-state index in [1.807, 2.05) is 12.1 Å². The van der Waals surface area contributed by atoms with Crippen molar-refractivity contribution in [2.24, 2.45) is 0 Å². The van der Waals surface area contributed by atoms with Crippen LogP contribution in [-0.4, -0.2) is 25.7 Å². The Morgan fingerprint density at radius 2 is 1.89 bits per heavy atom. The lowest BCUT2D eigenvalue weighted by Crippen LogP contribution is -2.83. The van der Waals surface area contributed by atoms with Crippen LogP contribution in [0.4, 0.5) is 0 Å². The van der Waals surface area contributed by atoms with E-state index in [2.05, 4.69) is 63.7 Å². The van der Waals surface area contributed by atoms with E-state index in [0.29, 0.717) is 0 Å². The quantitative estimate of drug-likeness (QED) is 0.473. The lowest BCUT2D eigenvalue weighted by atomic mass is 9.89. The number of nitrogens with one attached hydrogen (secondary N) is 1. The van der Waals surface area contributed by atoms with Crippen LogP contribution in [0.2, 0.25) is 0 Å². The van der Waals surface area contributed by atoms with Gasteiger partial charge in [-0.3, -0.25) is 0 Å². The van der Waals surface area contributed by atoms with Crippen molar-refractivity contribution < 1.29 is 14.8 Å². The van der Waals surface area contributed by atoms with Crippen molar-refractivity contribution in [2.75, 3.05) is 20.8 Å². The van der Waals surface area contributed by atoms with Gasteiger partial charge in [0.1, 0.15) is 6.54 Å². The van der Waals surface area contributed by atoms with Gasteiger partial charge in [-0.1, -0.05) is 30.3 Å². The molecule has 28 heavy (non-hydrogen) atoms. The molecule has 0 aliphatic carbocycles. The predicted octanol–water partition coefficient (Wildman–Crippen LogP) is 4.14. The molecule has 4 nitrogen and oxygen atoms in total. The van der Waals surface area contributed by atoms with Crippen molar-refractivity contribution in [1.82, 2.24) is 4.98 Å². The summed E-state index contributed by atoms with van der Waals surface area (Å²) in [5.41, 5.74) is 4.94. The molecule has 1 atom stereocenters. The Kier molecular flexibility index (Phi) is 5.65. The topological polar surface area (TPSA) is 50.9 Å². The van der Waals surface area contributed by atoms with Gasteiger partial charge < -0.3 is 19.8 Å². The molecule has 2 heterocycles. The van der Waals surface area contributed by atoms with Crippen LogP contribution in [-0.2, 0) is 6.54 Å². The number of benzene rings is 2. The summed E-state index contributed by atoms with van der Waals surface area (Å²) in [6, 6.07) is 16.8. The van der Waals surface area contributed by atoms with Crippen molar-refractivity contribution >= 4 is 22.2 Å². The monoisotopic (exact) mass is 393 g/mol. The Balaban J connectivity index is 1.73. The van der Waals surface area contributed by atoms with Gasteiger partial charge in [0.25, 0.3) is 0 Å². The number of hydrogen-bond donors (Lipinski definition) is 2. The fourth-order valence-electron chi connectivity index (χ4n) is 3.82. The summed E-state index contributed by atoms with van der Waals surface area (Å²) in [5, 5.41) is 7.96. The molecule has 0 saturated heterocycles. The second kappa shape index (κ2) is 8.50. The van der Waals surface area contributed by atoms with E-state index in [0.717, 1.165) is 35.7 Å². The molecular weight excluding hydrogens is 368 g/mol. The predicted molar refractivity (Wildman–Crippen MR) is 115 cm³/mol. The molecule has 0 bridgehead atoms. The molecule has 0 fully saturated rings. The number of fused-ring (bicyclic) bond motifs is 1. The highest BCUT2D eigenvalue weighted by Crippen LogP contribution is 2.39. The summed E-state index contributed by atoms with van der Waals surface area (Å²) in [7, 11) is 3.40. The number of quaternary nitrogens is 1. The maximum atomic E-state index is 5.76. The number of rotatable bonds is 8. The van der Waals surface area contributed by atoms with Crippen molar-refractivity contribution in [3.63, 3.8) is 0 Å². The minimum atomic E-state index is 0.180. The Hall–Kier alpha value is -2.76. The molecule has 2 aromatic carbocycles. The average Bonchev–Trinajstić information content (AvgIpc) is 3.40. The molecule has 0 amide bonds. The third kappa shape index (κ3) is 3.63. The van der Waals surface area contributed by atoms with Gasteiger partial charge in [0.05, 0.1) is 26.7 Å². The number of aromatic nitrogens is 1. The highest BCUT2D eigenvalue weighted by atomic mass is 32.1. The van der Waals surface area contributed by atoms with Gasteiger partial charge in [-0.15, -0.1) is 0 Å². The number of thiophene rings is 1. The number of hydrogen-bond acceptors (Lipinski definition) is 3. The molecule has 5 heteroatoms. The molecule has 0 unspecified atom stereocenters. The van der Waals surface area contributed by atoms with Crippen LogP contribution in [0.5, 0.6) is 11.5 Å². The third-order valence-electron chi connectivity index (χ3n) is 5.17. The van der Waals surface area contributed by atoms with Crippen LogP contribution in [0.3, 0.4) is 0 Å². The highest BCUT2D eigenvalue weighted by Gasteiger charge is 2.25. The van der Waals surface area contributed by atoms with Crippen LogP contribution < -0.4 is 14.8 Å². The van der Waals surface area contributed by atoms with E-state index in [9.17, 15) is 0 Å². The van der Waals surface area contributed by atoms with Crippen molar-refractivity contribution in [1.29, 1.82) is 0 Å². The molecule has 4 aromatic rings. The van der Waals surface area contributed by atoms with Crippen molar-refractivity contribution in [3.8, 4) is 11.5 Å². The second-order valence-corrected chi connectivity index (χ2v) is 7.57. The van der Waals surface area contributed by atoms with E-state index in [1.165, 1.54) is 16.5 Å². The molecule has 0 saturated carbocycles. The Morgan fingerprint density at radius 3 is 2.68 bits per heavy atom. The molecular formula is C23H25N2O2S+. The van der Waals surface area contributed by atoms with E-state index >= 15 is 0 Å². The lowest BCUT2D eigenvalue weighted by molar-refractivity contribution is -0.671. The van der Waals surface area contributed by atoms with Crippen molar-refractivity contribution in [3.05, 3.63) is 82.2 Å². The number of H-pyrrole nitrogens is 1. The van der Waals surface area contributed by atoms with E-state index in [1.54, 1.807) is 25.6 Å². The molecule has 2 aromatic heterocycles. The first-order chi connectivity index (χ1) is 13.8. The number of aromatic amines is 1. The van der Waals surface area contributed by atoms with E-state index in [4.69, 9.17) is 9.47 Å². The molecule has 0 aliphatic heterocycles. The normalized spacial score (nSPS) is 12.2. The lowest BCUT2D eigenvalue weighted by Gasteiger charge is -2.20. The third-order valence-corrected chi connectivity index (χ3v) is 5.90. The Labute approximate surface area is 169 Å². The zero-order chi connectivity index (χ0) is 19.3. The summed E-state index contributed by atoms with van der Waals surface area (Å²) >= 11 is 1.74. The molecule has 3 N–H and O–H groups in total. The first-order valence-corrected chi connectivity index (χ1v) is 10.4. The van der Waals surface area contributed by atoms with Gasteiger partial charge in [-0.2, -0.15) is 11.3 Å². The summed E-state index contributed by atoms with van der Waals surface area (Å²) in [5.74, 6) is 1.76. The Bertz CT molecular complexity index is 1040. The summed E-state index contributed by atoms with van der Waals surface area (Å²) in [6.07, 6.45) is 2.13. The maximum absolute atomic E-state index is 5.76. The van der Waals surface area contributed by atoms with Gasteiger partial charge in [-0.25, -0.2) is 0 Å². The van der Waals surface area contributed by atoms with E-state index in [-0.39, 0.29) is 5.92 Å².